The fourth-order valence-electron chi connectivity index (χ4n) is 2.68. The summed E-state index contributed by atoms with van der Waals surface area (Å²) < 4.78 is 37.5. The largest absolute Gasteiger partial charge is 0.478 e. The van der Waals surface area contributed by atoms with E-state index in [0.717, 1.165) is 14.0 Å². The number of nitrogens with zero attached hydrogens (tertiary/aromatic N) is 2. The second kappa shape index (κ2) is 9.87. The molecule has 12 heteroatoms. The first-order valence-electron chi connectivity index (χ1n) is 8.93. The molecule has 1 aromatic rings. The summed E-state index contributed by atoms with van der Waals surface area (Å²) in [6.45, 7) is -0.0539. The zero-order chi connectivity index (χ0) is 23.2. The Morgan fingerprint density at radius 3 is 2.52 bits per heavy atom. The number of amidine groups is 1. The molecule has 0 aromatic heterocycles. The number of halogens is 2. The van der Waals surface area contributed by atoms with E-state index in [2.05, 4.69) is 9.89 Å². The number of alkyl halides is 2. The Kier molecular flexibility index (Phi) is 7.51. The highest BCUT2D eigenvalue weighted by Crippen LogP contribution is 2.33. The average molecular weight is 441 g/mol. The number of nitrogens with two attached hydrogens (primary N) is 1. The third-order valence-corrected chi connectivity index (χ3v) is 4.33. The molecule has 1 aliphatic heterocycles. The van der Waals surface area contributed by atoms with Crippen LogP contribution in [0, 0.1) is 0 Å². The number of amides is 1. The first-order valence-corrected chi connectivity index (χ1v) is 8.93. The van der Waals surface area contributed by atoms with Crippen molar-refractivity contribution in [2.24, 2.45) is 10.9 Å². The van der Waals surface area contributed by atoms with Crippen LogP contribution in [0.4, 0.5) is 13.6 Å². The van der Waals surface area contributed by atoms with Gasteiger partial charge in [0.05, 0.1) is 19.2 Å². The van der Waals surface area contributed by atoms with Gasteiger partial charge in [-0.05, 0) is 12.5 Å². The van der Waals surface area contributed by atoms with E-state index >= 15 is 0 Å². The number of carbonyl (C=O) groups excluding carboxylic acids is 2. The van der Waals surface area contributed by atoms with E-state index in [0.29, 0.717) is 10.5 Å². The van der Waals surface area contributed by atoms with Crippen LogP contribution >= 0.6 is 0 Å². The molecule has 2 rings (SSSR count). The number of esters is 1. The number of benzene rings is 1. The summed E-state index contributed by atoms with van der Waals surface area (Å²) in [6, 6.07) is 7.20. The zero-order valence-electron chi connectivity index (χ0n) is 16.7. The minimum atomic E-state index is -3.27. The van der Waals surface area contributed by atoms with E-state index in [9.17, 15) is 23.2 Å². The molecular weight excluding hydrogens is 420 g/mol. The first kappa shape index (κ1) is 23.6. The van der Waals surface area contributed by atoms with Crippen LogP contribution in [0.1, 0.15) is 18.9 Å². The summed E-state index contributed by atoms with van der Waals surface area (Å²) in [5, 5.41) is 12.4. The number of ether oxygens (including phenoxy) is 2. The van der Waals surface area contributed by atoms with Crippen LogP contribution in [-0.4, -0.2) is 59.5 Å². The van der Waals surface area contributed by atoms with E-state index in [1.165, 1.54) is 0 Å². The number of methoxy groups -OCH3 is 1. The molecule has 10 nitrogen and oxygen atoms in total. The van der Waals surface area contributed by atoms with Crippen LogP contribution in [0.3, 0.4) is 0 Å². The standard InChI is InChI=1S/C19H21F2N3O7/c1-11(16(25)26)14(17(27)29-2)31-23-15(22)13-8-19(20,21)10-24(13)18(28)30-9-12-6-4-3-5-7-12/h3-7,13H,8-10H2,1-2H3,(H2,22,23)(H,25,26)/t13-/m0/s1. The van der Waals surface area contributed by atoms with Gasteiger partial charge in [0.2, 0.25) is 0 Å². The molecule has 1 fully saturated rings. The number of hydrogen-bond acceptors (Lipinski definition) is 7. The summed E-state index contributed by atoms with van der Waals surface area (Å²) in [4.78, 5) is 40.6. The maximum Gasteiger partial charge on any atom is 0.410 e. The molecule has 168 valence electrons. The van der Waals surface area contributed by atoms with Gasteiger partial charge in [0.25, 0.3) is 11.7 Å². The first-order chi connectivity index (χ1) is 14.6. The highest BCUT2D eigenvalue weighted by Gasteiger charge is 2.49. The highest BCUT2D eigenvalue weighted by atomic mass is 19.3. The second-order valence-corrected chi connectivity index (χ2v) is 6.60. The second-order valence-electron chi connectivity index (χ2n) is 6.60. The molecule has 0 aliphatic carbocycles. The minimum Gasteiger partial charge on any atom is -0.478 e. The van der Waals surface area contributed by atoms with Crippen LogP contribution < -0.4 is 5.73 Å². The molecule has 0 saturated carbocycles. The molecule has 1 saturated heterocycles. The summed E-state index contributed by atoms with van der Waals surface area (Å²) in [5.74, 6) is -7.29. The minimum absolute atomic E-state index is 0.144. The Labute approximate surface area is 175 Å². The zero-order valence-corrected chi connectivity index (χ0v) is 16.7. The monoisotopic (exact) mass is 441 g/mol. The average Bonchev–Trinajstić information content (AvgIpc) is 3.07. The van der Waals surface area contributed by atoms with Gasteiger partial charge in [-0.1, -0.05) is 35.5 Å². The smallest absolute Gasteiger partial charge is 0.410 e. The van der Waals surface area contributed by atoms with Crippen molar-refractivity contribution in [2.45, 2.75) is 31.9 Å². The summed E-state index contributed by atoms with van der Waals surface area (Å²) in [5.41, 5.74) is 5.83. The fraction of sp³-hybridized carbons (Fsp3) is 0.368. The SMILES string of the molecule is COC(=O)C(ON=C(N)[C@@H]1CC(F)(F)CN1C(=O)OCc1ccccc1)=C(C)C(=O)O. The molecule has 1 atom stereocenters. The lowest BCUT2D eigenvalue weighted by molar-refractivity contribution is -0.142. The summed E-state index contributed by atoms with van der Waals surface area (Å²) in [6.07, 6.45) is -1.91. The number of likely N-dealkylation sites (tertiary alicyclic amines) is 1. The van der Waals surface area contributed by atoms with Gasteiger partial charge in [-0.2, -0.15) is 0 Å². The summed E-state index contributed by atoms with van der Waals surface area (Å²) in [7, 11) is 0.982. The fourth-order valence-corrected chi connectivity index (χ4v) is 2.68. The lowest BCUT2D eigenvalue weighted by atomic mass is 10.2. The molecular formula is C19H21F2N3O7. The van der Waals surface area contributed by atoms with Gasteiger partial charge in [0.15, 0.2) is 5.84 Å². The lowest BCUT2D eigenvalue weighted by Gasteiger charge is -2.22. The van der Waals surface area contributed by atoms with Crippen molar-refractivity contribution >= 4 is 23.9 Å². The van der Waals surface area contributed by atoms with Gasteiger partial charge in [-0.25, -0.2) is 23.2 Å². The van der Waals surface area contributed by atoms with E-state index in [-0.39, 0.29) is 6.61 Å². The van der Waals surface area contributed by atoms with Crippen molar-refractivity contribution in [2.75, 3.05) is 13.7 Å². The predicted molar refractivity (Wildman–Crippen MR) is 102 cm³/mol. The van der Waals surface area contributed by atoms with E-state index in [1.807, 2.05) is 0 Å². The van der Waals surface area contributed by atoms with Crippen molar-refractivity contribution in [3.05, 3.63) is 47.2 Å². The van der Waals surface area contributed by atoms with Gasteiger partial charge >= 0.3 is 18.0 Å². The van der Waals surface area contributed by atoms with Gasteiger partial charge < -0.3 is 25.2 Å². The van der Waals surface area contributed by atoms with Crippen LogP contribution in [0.5, 0.6) is 0 Å². The maximum atomic E-state index is 14.0. The van der Waals surface area contributed by atoms with Crippen LogP contribution in [-0.2, 0) is 30.5 Å². The van der Waals surface area contributed by atoms with Crippen molar-refractivity contribution in [3.8, 4) is 0 Å². The predicted octanol–water partition coefficient (Wildman–Crippen LogP) is 1.85. The van der Waals surface area contributed by atoms with Crippen LogP contribution in [0.2, 0.25) is 0 Å². The van der Waals surface area contributed by atoms with Gasteiger partial charge in [0.1, 0.15) is 12.6 Å². The van der Waals surface area contributed by atoms with Gasteiger partial charge in [0, 0.05) is 6.42 Å². The quantitative estimate of drug-likeness (QED) is 0.163. The van der Waals surface area contributed by atoms with Crippen molar-refractivity contribution in [3.63, 3.8) is 0 Å². The topological polar surface area (TPSA) is 141 Å². The Morgan fingerprint density at radius 2 is 1.94 bits per heavy atom. The van der Waals surface area contributed by atoms with Crippen LogP contribution in [0.25, 0.3) is 0 Å². The van der Waals surface area contributed by atoms with Gasteiger partial charge in [-0.15, -0.1) is 0 Å². The van der Waals surface area contributed by atoms with E-state index < -0.39 is 60.1 Å². The van der Waals surface area contributed by atoms with Crippen molar-refractivity contribution in [1.29, 1.82) is 0 Å². The van der Waals surface area contributed by atoms with Crippen molar-refractivity contribution < 1.29 is 42.6 Å². The number of oxime groups is 1. The Hall–Kier alpha value is -3.70. The van der Waals surface area contributed by atoms with E-state index in [4.69, 9.17) is 20.4 Å². The van der Waals surface area contributed by atoms with Gasteiger partial charge in [-0.3, -0.25) is 4.90 Å². The molecule has 0 bridgehead atoms. The Morgan fingerprint density at radius 1 is 1.29 bits per heavy atom. The molecule has 1 heterocycles. The Balaban J connectivity index is 2.18. The number of carboxylic acid groups (broad SMARTS) is 1. The molecule has 3 N–H and O–H groups in total. The molecule has 0 spiro atoms. The summed E-state index contributed by atoms with van der Waals surface area (Å²) >= 11 is 0. The molecule has 1 aromatic carbocycles. The number of carboxylic acids is 1. The normalized spacial score (nSPS) is 18.8. The number of carbonyl (C=O) groups is 3. The Bertz CT molecular complexity index is 903. The van der Waals surface area contributed by atoms with Crippen LogP contribution in [0.15, 0.2) is 46.8 Å². The third kappa shape index (κ3) is 6.14. The number of hydrogen-bond donors (Lipinski definition) is 2. The molecule has 1 aliphatic rings. The van der Waals surface area contributed by atoms with Crippen molar-refractivity contribution in [1.82, 2.24) is 4.90 Å². The number of aliphatic carboxylic acids is 1. The lowest BCUT2D eigenvalue weighted by Crippen LogP contribution is -2.44. The highest BCUT2D eigenvalue weighted by molar-refractivity contribution is 5.98. The molecule has 0 radical (unpaired) electrons. The third-order valence-electron chi connectivity index (χ3n) is 4.33. The maximum absolute atomic E-state index is 14.0. The number of rotatable bonds is 7. The van der Waals surface area contributed by atoms with E-state index in [1.54, 1.807) is 30.3 Å². The molecule has 1 amide bonds. The molecule has 0 unspecified atom stereocenters. The molecule has 31 heavy (non-hydrogen) atoms.